The van der Waals surface area contributed by atoms with Crippen molar-refractivity contribution in [2.75, 3.05) is 18.4 Å². The monoisotopic (exact) mass is 378 g/mol. The number of hydrogen-bond donors (Lipinski definition) is 2. The molecular formula is C17H19FN4O3S. The number of nitrogens with zero attached hydrogens (tertiary/aromatic N) is 3. The molecule has 0 aliphatic carbocycles. The Bertz CT molecular complexity index is 841. The molecule has 2 heterocycles. The number of benzene rings is 1. The summed E-state index contributed by atoms with van der Waals surface area (Å²) in [7, 11) is 0. The fraction of sp³-hybridized carbons (Fsp3) is 0.412. The van der Waals surface area contributed by atoms with Crippen molar-refractivity contribution in [2.24, 2.45) is 11.8 Å². The summed E-state index contributed by atoms with van der Waals surface area (Å²) in [5, 5.41) is 20.6. The second kappa shape index (κ2) is 7.36. The lowest BCUT2D eigenvalue weighted by Gasteiger charge is -2.34. The van der Waals surface area contributed by atoms with Crippen LogP contribution in [0.2, 0.25) is 0 Å². The number of urea groups is 1. The van der Waals surface area contributed by atoms with Gasteiger partial charge in [-0.3, -0.25) is 10.1 Å². The summed E-state index contributed by atoms with van der Waals surface area (Å²) in [6, 6.07) is 4.01. The Labute approximate surface area is 153 Å². The molecule has 1 saturated heterocycles. The van der Waals surface area contributed by atoms with E-state index in [9.17, 15) is 19.1 Å². The van der Waals surface area contributed by atoms with Crippen LogP contribution in [-0.4, -0.2) is 45.3 Å². The van der Waals surface area contributed by atoms with E-state index in [1.54, 1.807) is 6.07 Å². The number of carboxylic acids is 1. The highest BCUT2D eigenvalue weighted by Crippen LogP contribution is 2.30. The number of rotatable bonds is 3. The van der Waals surface area contributed by atoms with Crippen molar-refractivity contribution in [1.82, 2.24) is 15.1 Å². The maximum Gasteiger partial charge on any atom is 0.323 e. The molecule has 7 nitrogen and oxygen atoms in total. The molecule has 2 unspecified atom stereocenters. The Morgan fingerprint density at radius 2 is 2.12 bits per heavy atom. The maximum absolute atomic E-state index is 13.5. The van der Waals surface area contributed by atoms with Gasteiger partial charge in [-0.05, 0) is 37.0 Å². The quantitative estimate of drug-likeness (QED) is 0.855. The summed E-state index contributed by atoms with van der Waals surface area (Å²) < 4.78 is 13.5. The number of likely N-dealkylation sites (tertiary alicyclic amines) is 1. The number of halogens is 1. The van der Waals surface area contributed by atoms with Gasteiger partial charge in [0.25, 0.3) is 0 Å². The van der Waals surface area contributed by atoms with E-state index in [0.29, 0.717) is 28.7 Å². The number of carbonyl (C=O) groups excluding carboxylic acids is 1. The zero-order valence-corrected chi connectivity index (χ0v) is 15.2. The zero-order chi connectivity index (χ0) is 18.8. The first-order valence-electron chi connectivity index (χ1n) is 8.22. The minimum absolute atomic E-state index is 0.107. The fourth-order valence-corrected chi connectivity index (χ4v) is 3.89. The van der Waals surface area contributed by atoms with Gasteiger partial charge in [0, 0.05) is 18.7 Å². The van der Waals surface area contributed by atoms with E-state index in [1.165, 1.54) is 17.0 Å². The van der Waals surface area contributed by atoms with Gasteiger partial charge in [-0.1, -0.05) is 24.3 Å². The van der Waals surface area contributed by atoms with Gasteiger partial charge in [0.2, 0.25) is 5.13 Å². The lowest BCUT2D eigenvalue weighted by atomic mass is 9.91. The highest BCUT2D eigenvalue weighted by Gasteiger charge is 2.32. The van der Waals surface area contributed by atoms with E-state index in [1.807, 2.05) is 13.8 Å². The lowest BCUT2D eigenvalue weighted by Crippen LogP contribution is -2.47. The second-order valence-electron chi connectivity index (χ2n) is 6.58. The molecule has 1 aromatic carbocycles. The van der Waals surface area contributed by atoms with Gasteiger partial charge in [-0.2, -0.15) is 0 Å². The highest BCUT2D eigenvalue weighted by molar-refractivity contribution is 7.18. The molecule has 3 rings (SSSR count). The van der Waals surface area contributed by atoms with Gasteiger partial charge < -0.3 is 10.0 Å². The van der Waals surface area contributed by atoms with Crippen LogP contribution in [0.5, 0.6) is 0 Å². The average molecular weight is 378 g/mol. The molecule has 1 aromatic heterocycles. The van der Waals surface area contributed by atoms with E-state index in [-0.39, 0.29) is 18.3 Å². The van der Waals surface area contributed by atoms with Crippen LogP contribution in [0.25, 0.3) is 10.6 Å². The molecule has 2 aromatic rings. The van der Waals surface area contributed by atoms with E-state index in [0.717, 1.165) is 16.9 Å². The van der Waals surface area contributed by atoms with Crippen LogP contribution in [0.1, 0.15) is 18.9 Å². The molecule has 0 spiro atoms. The molecule has 138 valence electrons. The Morgan fingerprint density at radius 3 is 2.85 bits per heavy atom. The molecule has 2 amide bonds. The first-order chi connectivity index (χ1) is 12.3. The Kier molecular flexibility index (Phi) is 5.17. The van der Waals surface area contributed by atoms with Gasteiger partial charge in [0.1, 0.15) is 10.8 Å². The number of aromatic nitrogens is 2. The van der Waals surface area contributed by atoms with Crippen LogP contribution in [0.3, 0.4) is 0 Å². The standard InChI is InChI=1S/C17H19FN4O3S/c1-9-5-11(15(23)24)8-22(7-9)17(25)19-16-21-20-14(26-16)13-6-12(18)4-3-10(13)2/h3-4,6,9,11H,5,7-8H2,1-2H3,(H,23,24)(H,19,21,25). The number of carbonyl (C=O) groups is 2. The summed E-state index contributed by atoms with van der Waals surface area (Å²) >= 11 is 1.15. The van der Waals surface area contributed by atoms with Gasteiger partial charge >= 0.3 is 12.0 Å². The number of nitrogens with one attached hydrogen (secondary N) is 1. The van der Waals surface area contributed by atoms with Crippen molar-refractivity contribution in [3.05, 3.63) is 29.6 Å². The minimum Gasteiger partial charge on any atom is -0.481 e. The third-order valence-corrected chi connectivity index (χ3v) is 5.24. The third-order valence-electron chi connectivity index (χ3n) is 4.37. The number of aryl methyl sites for hydroxylation is 1. The summed E-state index contributed by atoms with van der Waals surface area (Å²) in [5.74, 6) is -1.72. The largest absolute Gasteiger partial charge is 0.481 e. The average Bonchev–Trinajstić information content (AvgIpc) is 3.04. The zero-order valence-electron chi connectivity index (χ0n) is 14.4. The number of anilines is 1. The first-order valence-corrected chi connectivity index (χ1v) is 9.04. The topological polar surface area (TPSA) is 95.4 Å². The predicted molar refractivity (Wildman–Crippen MR) is 95.5 cm³/mol. The van der Waals surface area contributed by atoms with E-state index < -0.39 is 17.9 Å². The van der Waals surface area contributed by atoms with Crippen LogP contribution >= 0.6 is 11.3 Å². The third kappa shape index (κ3) is 3.98. The van der Waals surface area contributed by atoms with E-state index in [2.05, 4.69) is 15.5 Å². The van der Waals surface area contributed by atoms with E-state index in [4.69, 9.17) is 0 Å². The molecule has 2 atom stereocenters. The number of amides is 2. The molecular weight excluding hydrogens is 359 g/mol. The van der Waals surface area contributed by atoms with Crippen molar-refractivity contribution in [2.45, 2.75) is 20.3 Å². The maximum atomic E-state index is 13.5. The van der Waals surface area contributed by atoms with Crippen molar-refractivity contribution >= 4 is 28.5 Å². The van der Waals surface area contributed by atoms with Crippen LogP contribution in [0.4, 0.5) is 14.3 Å². The molecule has 9 heteroatoms. The normalized spacial score (nSPS) is 20.0. The van der Waals surface area contributed by atoms with Crippen LogP contribution in [0, 0.1) is 24.6 Å². The van der Waals surface area contributed by atoms with E-state index >= 15 is 0 Å². The molecule has 0 bridgehead atoms. The summed E-state index contributed by atoms with van der Waals surface area (Å²) in [6.07, 6.45) is 0.556. The van der Waals surface area contributed by atoms with Crippen molar-refractivity contribution in [3.63, 3.8) is 0 Å². The predicted octanol–water partition coefficient (Wildman–Crippen LogP) is 3.23. The molecule has 0 radical (unpaired) electrons. The van der Waals surface area contributed by atoms with Gasteiger partial charge in [-0.15, -0.1) is 10.2 Å². The Hall–Kier alpha value is -2.55. The molecule has 0 saturated carbocycles. The minimum atomic E-state index is -0.894. The summed E-state index contributed by atoms with van der Waals surface area (Å²) in [4.78, 5) is 25.2. The number of aliphatic carboxylic acids is 1. The van der Waals surface area contributed by atoms with Crippen molar-refractivity contribution in [3.8, 4) is 10.6 Å². The molecule has 1 aliphatic rings. The van der Waals surface area contributed by atoms with Crippen LogP contribution in [0.15, 0.2) is 18.2 Å². The van der Waals surface area contributed by atoms with Gasteiger partial charge in [0.05, 0.1) is 5.92 Å². The smallest absolute Gasteiger partial charge is 0.323 e. The van der Waals surface area contributed by atoms with Gasteiger partial charge in [0.15, 0.2) is 0 Å². The van der Waals surface area contributed by atoms with Crippen LogP contribution < -0.4 is 5.32 Å². The number of carboxylic acid groups (broad SMARTS) is 1. The Balaban J connectivity index is 1.71. The van der Waals surface area contributed by atoms with Gasteiger partial charge in [-0.25, -0.2) is 9.18 Å². The second-order valence-corrected chi connectivity index (χ2v) is 7.56. The number of hydrogen-bond acceptors (Lipinski definition) is 5. The highest BCUT2D eigenvalue weighted by atomic mass is 32.1. The van der Waals surface area contributed by atoms with Crippen LogP contribution in [-0.2, 0) is 4.79 Å². The summed E-state index contributed by atoms with van der Waals surface area (Å²) in [6.45, 7) is 4.42. The first kappa shape index (κ1) is 18.2. The molecule has 1 aliphatic heterocycles. The molecule has 1 fully saturated rings. The summed E-state index contributed by atoms with van der Waals surface area (Å²) in [5.41, 5.74) is 1.48. The SMILES string of the molecule is Cc1ccc(F)cc1-c1nnc(NC(=O)N2CC(C)CC(C(=O)O)C2)s1. The fourth-order valence-electron chi connectivity index (χ4n) is 3.07. The molecule has 26 heavy (non-hydrogen) atoms. The molecule has 2 N–H and O–H groups in total. The lowest BCUT2D eigenvalue weighted by molar-refractivity contribution is -0.143. The Morgan fingerprint density at radius 1 is 1.35 bits per heavy atom. The van der Waals surface area contributed by atoms with Crippen molar-refractivity contribution in [1.29, 1.82) is 0 Å². The number of piperidine rings is 1. The van der Waals surface area contributed by atoms with Crippen molar-refractivity contribution < 1.29 is 19.1 Å².